The number of anilines is 1. The molecular formula is C21H25IN4O2. The zero-order valence-corrected chi connectivity index (χ0v) is 18.3. The van der Waals surface area contributed by atoms with Gasteiger partial charge in [-0.25, -0.2) is 4.99 Å². The summed E-state index contributed by atoms with van der Waals surface area (Å²) in [4.78, 5) is 16.6. The van der Waals surface area contributed by atoms with E-state index in [1.54, 1.807) is 25.3 Å². The van der Waals surface area contributed by atoms with E-state index in [1.165, 1.54) is 0 Å². The van der Waals surface area contributed by atoms with Gasteiger partial charge in [-0.15, -0.1) is 30.4 Å². The van der Waals surface area contributed by atoms with Crippen molar-refractivity contribution in [2.45, 2.75) is 13.5 Å². The second-order valence-corrected chi connectivity index (χ2v) is 5.67. The molecule has 148 valence electrons. The Morgan fingerprint density at radius 2 is 1.93 bits per heavy atom. The van der Waals surface area contributed by atoms with Crippen LogP contribution < -0.4 is 20.7 Å². The van der Waals surface area contributed by atoms with Crippen LogP contribution in [0.4, 0.5) is 5.69 Å². The minimum atomic E-state index is -0.181. The molecular weight excluding hydrogens is 467 g/mol. The number of methoxy groups -OCH3 is 1. The third kappa shape index (κ3) is 7.88. The normalized spacial score (nSPS) is 10.2. The Morgan fingerprint density at radius 1 is 1.18 bits per heavy atom. The maximum Gasteiger partial charge on any atom is 0.243 e. The summed E-state index contributed by atoms with van der Waals surface area (Å²) in [5, 5.41) is 8.95. The lowest BCUT2D eigenvalue weighted by Crippen LogP contribution is -2.41. The second-order valence-electron chi connectivity index (χ2n) is 5.67. The predicted octanol–water partition coefficient (Wildman–Crippen LogP) is 2.99. The predicted molar refractivity (Wildman–Crippen MR) is 124 cm³/mol. The van der Waals surface area contributed by atoms with Gasteiger partial charge in [-0.05, 0) is 42.8 Å². The Balaban J connectivity index is 0.00000392. The number of benzene rings is 2. The van der Waals surface area contributed by atoms with Crippen LogP contribution in [0.1, 0.15) is 18.1 Å². The van der Waals surface area contributed by atoms with Crippen LogP contribution in [0.2, 0.25) is 0 Å². The van der Waals surface area contributed by atoms with Crippen molar-refractivity contribution >= 4 is 41.5 Å². The molecule has 0 heterocycles. The number of terminal acetylenes is 1. The number of nitrogens with zero attached hydrogens (tertiary/aromatic N) is 1. The second kappa shape index (κ2) is 12.6. The van der Waals surface area contributed by atoms with Gasteiger partial charge in [-0.3, -0.25) is 4.79 Å². The average Bonchev–Trinajstić information content (AvgIpc) is 2.70. The molecule has 28 heavy (non-hydrogen) atoms. The monoisotopic (exact) mass is 492 g/mol. The van der Waals surface area contributed by atoms with Crippen LogP contribution in [-0.2, 0) is 11.3 Å². The van der Waals surface area contributed by atoms with E-state index in [1.807, 2.05) is 37.3 Å². The number of carbonyl (C=O) groups is 1. The number of carbonyl (C=O) groups excluding carboxylic acids is 1. The summed E-state index contributed by atoms with van der Waals surface area (Å²) in [6.07, 6.45) is 5.37. The Hall–Kier alpha value is -2.73. The van der Waals surface area contributed by atoms with Crippen molar-refractivity contribution in [3.05, 3.63) is 59.7 Å². The molecule has 0 radical (unpaired) electrons. The molecule has 0 spiro atoms. The minimum Gasteiger partial charge on any atom is -0.497 e. The summed E-state index contributed by atoms with van der Waals surface area (Å²) in [6, 6.07) is 14.9. The van der Waals surface area contributed by atoms with E-state index < -0.39 is 0 Å². The number of amides is 1. The molecule has 7 heteroatoms. The van der Waals surface area contributed by atoms with Gasteiger partial charge in [0.1, 0.15) is 5.75 Å². The molecule has 0 unspecified atom stereocenters. The Morgan fingerprint density at radius 3 is 2.57 bits per heavy atom. The van der Waals surface area contributed by atoms with Crippen LogP contribution in [0.5, 0.6) is 5.75 Å². The highest BCUT2D eigenvalue weighted by Gasteiger charge is 2.05. The first-order chi connectivity index (χ1) is 13.1. The third-order valence-corrected chi connectivity index (χ3v) is 3.65. The first-order valence-corrected chi connectivity index (χ1v) is 8.66. The summed E-state index contributed by atoms with van der Waals surface area (Å²) in [7, 11) is 1.63. The Bertz CT molecular complexity index is 829. The van der Waals surface area contributed by atoms with Gasteiger partial charge in [0.2, 0.25) is 5.91 Å². The van der Waals surface area contributed by atoms with Crippen molar-refractivity contribution in [2.75, 3.05) is 25.5 Å². The summed E-state index contributed by atoms with van der Waals surface area (Å²) >= 11 is 0. The maximum absolute atomic E-state index is 12.1. The van der Waals surface area contributed by atoms with Crippen LogP contribution in [0.3, 0.4) is 0 Å². The molecule has 0 aliphatic carbocycles. The lowest BCUT2D eigenvalue weighted by Gasteiger charge is -2.12. The summed E-state index contributed by atoms with van der Waals surface area (Å²) in [5.74, 6) is 3.74. The molecule has 0 fully saturated rings. The summed E-state index contributed by atoms with van der Waals surface area (Å²) < 4.78 is 5.15. The van der Waals surface area contributed by atoms with Crippen molar-refractivity contribution in [3.63, 3.8) is 0 Å². The summed E-state index contributed by atoms with van der Waals surface area (Å²) in [6.45, 7) is 3.25. The van der Waals surface area contributed by atoms with Gasteiger partial charge >= 0.3 is 0 Å². The molecule has 3 N–H and O–H groups in total. The van der Waals surface area contributed by atoms with E-state index in [0.29, 0.717) is 24.7 Å². The molecule has 0 saturated heterocycles. The third-order valence-electron chi connectivity index (χ3n) is 3.65. The van der Waals surface area contributed by atoms with Crippen LogP contribution in [0.25, 0.3) is 0 Å². The number of halogens is 1. The Kier molecular flexibility index (Phi) is 10.5. The Labute approximate surface area is 183 Å². The van der Waals surface area contributed by atoms with E-state index in [9.17, 15) is 4.79 Å². The van der Waals surface area contributed by atoms with E-state index in [-0.39, 0.29) is 36.4 Å². The number of hydrogen-bond donors (Lipinski definition) is 3. The van der Waals surface area contributed by atoms with Crippen molar-refractivity contribution in [2.24, 2.45) is 4.99 Å². The summed E-state index contributed by atoms with van der Waals surface area (Å²) in [5.41, 5.74) is 2.43. The van der Waals surface area contributed by atoms with E-state index in [0.717, 1.165) is 16.9 Å². The number of aliphatic imine (C=N–C) groups is 1. The highest BCUT2D eigenvalue weighted by atomic mass is 127. The topological polar surface area (TPSA) is 74.8 Å². The van der Waals surface area contributed by atoms with Gasteiger partial charge in [0.05, 0.1) is 20.2 Å². The van der Waals surface area contributed by atoms with Crippen molar-refractivity contribution in [3.8, 4) is 18.1 Å². The lowest BCUT2D eigenvalue weighted by atomic mass is 10.2. The fourth-order valence-corrected chi connectivity index (χ4v) is 2.30. The molecule has 0 bridgehead atoms. The first kappa shape index (κ1) is 23.3. The van der Waals surface area contributed by atoms with E-state index in [4.69, 9.17) is 11.2 Å². The molecule has 0 saturated carbocycles. The van der Waals surface area contributed by atoms with Gasteiger partial charge in [0, 0.05) is 17.8 Å². The fourth-order valence-electron chi connectivity index (χ4n) is 2.30. The number of ether oxygens (including phenoxy) is 1. The smallest absolute Gasteiger partial charge is 0.243 e. The highest BCUT2D eigenvalue weighted by Crippen LogP contribution is 2.12. The number of rotatable bonds is 7. The fraction of sp³-hybridized carbons (Fsp3) is 0.238. The number of hydrogen-bond acceptors (Lipinski definition) is 3. The molecule has 0 aliphatic rings. The van der Waals surface area contributed by atoms with Gasteiger partial charge in [-0.2, -0.15) is 0 Å². The molecule has 0 aliphatic heterocycles. The average molecular weight is 492 g/mol. The van der Waals surface area contributed by atoms with Gasteiger partial charge in [0.15, 0.2) is 5.96 Å². The molecule has 0 aromatic heterocycles. The quantitative estimate of drug-likeness (QED) is 0.241. The highest BCUT2D eigenvalue weighted by molar-refractivity contribution is 14.0. The van der Waals surface area contributed by atoms with Crippen molar-refractivity contribution in [1.29, 1.82) is 0 Å². The zero-order chi connectivity index (χ0) is 19.5. The van der Waals surface area contributed by atoms with E-state index >= 15 is 0 Å². The van der Waals surface area contributed by atoms with Gasteiger partial charge in [-0.1, -0.05) is 24.1 Å². The van der Waals surface area contributed by atoms with Gasteiger partial charge < -0.3 is 20.7 Å². The van der Waals surface area contributed by atoms with Gasteiger partial charge in [0.25, 0.3) is 0 Å². The number of nitrogens with one attached hydrogen (secondary N) is 3. The SMILES string of the molecule is C#Cc1cccc(NC(=O)CNC(=NCc2ccc(OC)cc2)NCC)c1.I. The van der Waals surface area contributed by atoms with Crippen molar-refractivity contribution < 1.29 is 9.53 Å². The molecule has 1 amide bonds. The first-order valence-electron chi connectivity index (χ1n) is 8.66. The molecule has 2 aromatic rings. The molecule has 0 atom stereocenters. The molecule has 6 nitrogen and oxygen atoms in total. The number of guanidine groups is 1. The van der Waals surface area contributed by atoms with Crippen LogP contribution in [0.15, 0.2) is 53.5 Å². The van der Waals surface area contributed by atoms with E-state index in [2.05, 4.69) is 26.9 Å². The standard InChI is InChI=1S/C21H24N4O2.HI/c1-4-16-7-6-8-18(13-16)25-20(26)15-24-21(22-5-2)23-14-17-9-11-19(27-3)12-10-17;/h1,6-13H,5,14-15H2,2-3H3,(H,25,26)(H2,22,23,24);1H. The van der Waals surface area contributed by atoms with Crippen LogP contribution in [-0.4, -0.2) is 32.1 Å². The maximum atomic E-state index is 12.1. The van der Waals surface area contributed by atoms with Crippen molar-refractivity contribution in [1.82, 2.24) is 10.6 Å². The molecule has 2 aromatic carbocycles. The van der Waals surface area contributed by atoms with Crippen LogP contribution in [0, 0.1) is 12.3 Å². The zero-order valence-electron chi connectivity index (χ0n) is 16.0. The largest absolute Gasteiger partial charge is 0.497 e. The molecule has 2 rings (SSSR count). The lowest BCUT2D eigenvalue weighted by molar-refractivity contribution is -0.115. The minimum absolute atomic E-state index is 0. The van der Waals surface area contributed by atoms with Crippen LogP contribution >= 0.6 is 24.0 Å².